The molecule has 2 heterocycles. The summed E-state index contributed by atoms with van der Waals surface area (Å²) < 4.78 is 12.2. The van der Waals surface area contributed by atoms with E-state index in [4.69, 9.17) is 26.8 Å². The number of halogens is 1. The van der Waals surface area contributed by atoms with Gasteiger partial charge in [0.15, 0.2) is 0 Å². The highest BCUT2D eigenvalue weighted by atomic mass is 35.5. The molecule has 0 aromatic heterocycles. The van der Waals surface area contributed by atoms with E-state index in [0.29, 0.717) is 42.2 Å². The lowest BCUT2D eigenvalue weighted by molar-refractivity contribution is -0.212. The molecule has 0 bridgehead atoms. The summed E-state index contributed by atoms with van der Waals surface area (Å²) in [5.41, 5.74) is 8.33. The zero-order valence-electron chi connectivity index (χ0n) is 19.5. The summed E-state index contributed by atoms with van der Waals surface area (Å²) in [7, 11) is 1.37. The number of carbonyl (C=O) groups excluding carboxylic acids is 2. The van der Waals surface area contributed by atoms with Crippen molar-refractivity contribution < 1.29 is 19.1 Å². The fourth-order valence-corrected chi connectivity index (χ4v) is 7.65. The van der Waals surface area contributed by atoms with E-state index in [1.165, 1.54) is 7.11 Å². The van der Waals surface area contributed by atoms with Crippen LogP contribution in [0.3, 0.4) is 0 Å². The summed E-state index contributed by atoms with van der Waals surface area (Å²) in [6.45, 7) is 9.41. The standard InChI is InChI=1S/C25H33ClN2O4/c1-12-6-7-18-23(2,3)20(26)17(27)10-25(18)24(12,4)9-15-14(22(30)31-5)8-13-16(19(15)32-25)11-28-21(13)29/h8,12,17-18,20H,6-7,9-11,27H2,1-5H3,(H,28,29)/t12-,17?,18-,20-,24+,25-/m0/s1. The molecular weight excluding hydrogens is 428 g/mol. The van der Waals surface area contributed by atoms with Gasteiger partial charge in [-0.1, -0.05) is 27.7 Å². The monoisotopic (exact) mass is 460 g/mol. The predicted octanol–water partition coefficient (Wildman–Crippen LogP) is 3.81. The first-order valence-corrected chi connectivity index (χ1v) is 12.1. The first-order chi connectivity index (χ1) is 15.0. The summed E-state index contributed by atoms with van der Waals surface area (Å²) in [6, 6.07) is 1.48. The molecular formula is C25H33ClN2O4. The van der Waals surface area contributed by atoms with Gasteiger partial charge in [0.05, 0.1) is 18.1 Å². The van der Waals surface area contributed by atoms with Crippen molar-refractivity contribution in [1.29, 1.82) is 0 Å². The molecule has 1 aromatic rings. The Bertz CT molecular complexity index is 1020. The van der Waals surface area contributed by atoms with E-state index in [1.807, 2.05) is 0 Å². The minimum Gasteiger partial charge on any atom is -0.486 e. The maximum absolute atomic E-state index is 12.8. The van der Waals surface area contributed by atoms with Crippen molar-refractivity contribution in [3.8, 4) is 5.75 Å². The number of rotatable bonds is 1. The summed E-state index contributed by atoms with van der Waals surface area (Å²) >= 11 is 6.89. The van der Waals surface area contributed by atoms with Crippen LogP contribution in [0.5, 0.6) is 5.75 Å². The number of methoxy groups -OCH3 is 1. The Morgan fingerprint density at radius 2 is 2.00 bits per heavy atom. The van der Waals surface area contributed by atoms with E-state index in [2.05, 4.69) is 33.0 Å². The van der Waals surface area contributed by atoms with Crippen molar-refractivity contribution in [3.05, 3.63) is 28.3 Å². The van der Waals surface area contributed by atoms with Gasteiger partial charge < -0.3 is 20.5 Å². The normalized spacial score (nSPS) is 39.0. The highest BCUT2D eigenvalue weighted by Crippen LogP contribution is 2.66. The summed E-state index contributed by atoms with van der Waals surface area (Å²) in [5.74, 6) is 0.647. The van der Waals surface area contributed by atoms with Crippen LogP contribution in [0.2, 0.25) is 0 Å². The van der Waals surface area contributed by atoms with Crippen molar-refractivity contribution in [3.63, 3.8) is 0 Å². The molecule has 6 nitrogen and oxygen atoms in total. The molecule has 3 N–H and O–H groups in total. The van der Waals surface area contributed by atoms with Crippen molar-refractivity contribution in [2.45, 2.75) is 76.9 Å². The van der Waals surface area contributed by atoms with Crippen molar-refractivity contribution in [2.75, 3.05) is 7.11 Å². The van der Waals surface area contributed by atoms with Gasteiger partial charge in [0.1, 0.15) is 11.4 Å². The second-order valence-corrected chi connectivity index (χ2v) is 11.6. The van der Waals surface area contributed by atoms with Crippen LogP contribution in [0.25, 0.3) is 0 Å². The van der Waals surface area contributed by atoms with E-state index < -0.39 is 11.6 Å². The maximum Gasteiger partial charge on any atom is 0.338 e. The number of hydrogen-bond donors (Lipinski definition) is 2. The third-order valence-electron chi connectivity index (χ3n) is 9.42. The molecule has 6 atom stereocenters. The molecule has 1 amide bonds. The molecule has 32 heavy (non-hydrogen) atoms. The molecule has 2 fully saturated rings. The lowest BCUT2D eigenvalue weighted by Gasteiger charge is -2.68. The fourth-order valence-electron chi connectivity index (χ4n) is 7.41. The number of hydrogen-bond acceptors (Lipinski definition) is 5. The third kappa shape index (κ3) is 2.57. The van der Waals surface area contributed by atoms with Crippen LogP contribution in [0.1, 0.15) is 78.8 Å². The molecule has 2 aliphatic carbocycles. The third-order valence-corrected chi connectivity index (χ3v) is 10.3. The smallest absolute Gasteiger partial charge is 0.338 e. The average molecular weight is 461 g/mol. The van der Waals surface area contributed by atoms with Gasteiger partial charge in [-0.15, -0.1) is 11.6 Å². The number of alkyl halides is 1. The molecule has 2 saturated carbocycles. The number of nitrogens with two attached hydrogens (primary N) is 1. The molecule has 1 spiro atoms. The number of ether oxygens (including phenoxy) is 2. The van der Waals surface area contributed by atoms with Gasteiger partial charge in [-0.05, 0) is 36.7 Å². The number of amides is 1. The quantitative estimate of drug-likeness (QED) is 0.491. The van der Waals surface area contributed by atoms with Crippen LogP contribution in [0, 0.1) is 22.7 Å². The molecule has 4 aliphatic rings. The molecule has 174 valence electrons. The Morgan fingerprint density at radius 1 is 1.28 bits per heavy atom. The Morgan fingerprint density at radius 3 is 2.69 bits per heavy atom. The lowest BCUT2D eigenvalue weighted by atomic mass is 9.43. The van der Waals surface area contributed by atoms with Crippen molar-refractivity contribution >= 4 is 23.5 Å². The minimum atomic E-state index is -0.514. The van der Waals surface area contributed by atoms with Crippen molar-refractivity contribution in [1.82, 2.24) is 5.32 Å². The second kappa shape index (κ2) is 6.86. The van der Waals surface area contributed by atoms with Gasteiger partial charge in [-0.2, -0.15) is 0 Å². The molecule has 1 unspecified atom stereocenters. The van der Waals surface area contributed by atoms with Crippen LogP contribution in [0.4, 0.5) is 0 Å². The van der Waals surface area contributed by atoms with Crippen LogP contribution >= 0.6 is 11.6 Å². The number of carbonyl (C=O) groups is 2. The number of fused-ring (bicyclic) bond motifs is 3. The molecule has 0 radical (unpaired) electrons. The first-order valence-electron chi connectivity index (χ1n) is 11.6. The van der Waals surface area contributed by atoms with Gasteiger partial charge >= 0.3 is 5.97 Å². The number of benzene rings is 1. The lowest BCUT2D eigenvalue weighted by Crippen LogP contribution is -2.73. The fraction of sp³-hybridized carbons (Fsp3) is 0.680. The van der Waals surface area contributed by atoms with Gasteiger partial charge in [0, 0.05) is 47.0 Å². The van der Waals surface area contributed by atoms with Crippen LogP contribution in [-0.4, -0.2) is 36.0 Å². The number of esters is 1. The highest BCUT2D eigenvalue weighted by Gasteiger charge is 2.69. The van der Waals surface area contributed by atoms with E-state index in [-0.39, 0.29) is 34.1 Å². The molecule has 7 heteroatoms. The van der Waals surface area contributed by atoms with E-state index in [9.17, 15) is 9.59 Å². The molecule has 5 rings (SSSR count). The zero-order chi connectivity index (χ0) is 23.2. The van der Waals surface area contributed by atoms with Gasteiger partial charge in [0.2, 0.25) is 0 Å². The SMILES string of the molecule is COC(=O)c1cc2c(c3c1C[C@]1(C)[C@@H](C)CC[C@H]4C(C)(C)[C@@H](Cl)C(N)C[C@]41O3)CNC2=O. The van der Waals surface area contributed by atoms with Crippen LogP contribution in [-0.2, 0) is 17.7 Å². The summed E-state index contributed by atoms with van der Waals surface area (Å²) in [6.07, 6.45) is 3.43. The van der Waals surface area contributed by atoms with Gasteiger partial charge in [0.25, 0.3) is 5.91 Å². The number of nitrogens with one attached hydrogen (secondary N) is 1. The van der Waals surface area contributed by atoms with E-state index in [1.54, 1.807) is 6.07 Å². The second-order valence-electron chi connectivity index (χ2n) is 11.1. The molecule has 2 aliphatic heterocycles. The zero-order valence-corrected chi connectivity index (χ0v) is 20.3. The van der Waals surface area contributed by atoms with E-state index >= 15 is 0 Å². The van der Waals surface area contributed by atoms with E-state index in [0.717, 1.165) is 24.0 Å². The summed E-state index contributed by atoms with van der Waals surface area (Å²) in [4.78, 5) is 25.3. The van der Waals surface area contributed by atoms with Crippen LogP contribution in [0.15, 0.2) is 6.07 Å². The average Bonchev–Trinajstić information content (AvgIpc) is 3.11. The van der Waals surface area contributed by atoms with Gasteiger partial charge in [-0.3, -0.25) is 4.79 Å². The Kier molecular flexibility index (Phi) is 4.72. The minimum absolute atomic E-state index is 0.142. The Labute approximate surface area is 194 Å². The topological polar surface area (TPSA) is 90.7 Å². The molecule has 0 saturated heterocycles. The maximum atomic E-state index is 12.8. The highest BCUT2D eigenvalue weighted by molar-refractivity contribution is 6.21. The van der Waals surface area contributed by atoms with Crippen molar-refractivity contribution in [2.24, 2.45) is 28.4 Å². The predicted molar refractivity (Wildman–Crippen MR) is 122 cm³/mol. The Balaban J connectivity index is 1.77. The molecule has 1 aromatic carbocycles. The Hall–Kier alpha value is -1.79. The summed E-state index contributed by atoms with van der Waals surface area (Å²) in [5, 5.41) is 2.75. The largest absolute Gasteiger partial charge is 0.486 e. The first kappa shape index (κ1) is 22.0. The van der Waals surface area contributed by atoms with Crippen LogP contribution < -0.4 is 15.8 Å². The van der Waals surface area contributed by atoms with Gasteiger partial charge in [-0.25, -0.2) is 4.79 Å².